The minimum absolute atomic E-state index is 0.159. The van der Waals surface area contributed by atoms with Crippen LogP contribution in [-0.4, -0.2) is 17.9 Å². The Morgan fingerprint density at radius 2 is 1.09 bits per heavy atom. The van der Waals surface area contributed by atoms with E-state index >= 15 is 0 Å². The van der Waals surface area contributed by atoms with E-state index in [9.17, 15) is 9.59 Å². The SMILES string of the molecule is CCCCCCCCCCC(=O)N[C@@H]1CC[C@H](C)C1.CCCCCCCCCCCC(N)=O. The molecule has 0 aromatic rings. The highest BCUT2D eigenvalue weighted by molar-refractivity contribution is 5.76. The van der Waals surface area contributed by atoms with Gasteiger partial charge in [0.05, 0.1) is 0 Å². The molecule has 0 bridgehead atoms. The Morgan fingerprint density at radius 1 is 0.667 bits per heavy atom. The molecule has 0 aliphatic heterocycles. The summed E-state index contributed by atoms with van der Waals surface area (Å²) < 4.78 is 0. The van der Waals surface area contributed by atoms with Crippen molar-refractivity contribution < 1.29 is 9.59 Å². The predicted octanol–water partition coefficient (Wildman–Crippen LogP) is 8.21. The van der Waals surface area contributed by atoms with E-state index in [1.54, 1.807) is 0 Å². The van der Waals surface area contributed by atoms with E-state index < -0.39 is 0 Å². The molecule has 0 unspecified atom stereocenters. The van der Waals surface area contributed by atoms with Crippen molar-refractivity contribution in [2.75, 3.05) is 0 Å². The van der Waals surface area contributed by atoms with Crippen molar-refractivity contribution in [3.63, 3.8) is 0 Å². The molecule has 0 saturated heterocycles. The second-order valence-corrected chi connectivity index (χ2v) is 10.5. The van der Waals surface area contributed by atoms with Gasteiger partial charge in [-0.2, -0.15) is 0 Å². The van der Waals surface area contributed by atoms with Crippen molar-refractivity contribution in [2.45, 2.75) is 168 Å². The van der Waals surface area contributed by atoms with Crippen molar-refractivity contribution in [1.29, 1.82) is 0 Å². The lowest BCUT2D eigenvalue weighted by atomic mass is 10.1. The van der Waals surface area contributed by atoms with Gasteiger partial charge in [-0.05, 0) is 38.0 Å². The van der Waals surface area contributed by atoms with Crippen LogP contribution in [0.1, 0.15) is 162 Å². The molecular formula is C29H58N2O2. The maximum atomic E-state index is 11.8. The molecule has 1 aliphatic carbocycles. The summed E-state index contributed by atoms with van der Waals surface area (Å²) in [6.45, 7) is 6.78. The van der Waals surface area contributed by atoms with E-state index in [0.717, 1.165) is 31.6 Å². The van der Waals surface area contributed by atoms with Crippen LogP contribution in [0.4, 0.5) is 0 Å². The molecule has 196 valence electrons. The average molecular weight is 467 g/mol. The topological polar surface area (TPSA) is 72.2 Å². The van der Waals surface area contributed by atoms with Crippen LogP contribution in [0.25, 0.3) is 0 Å². The quantitative estimate of drug-likeness (QED) is 0.177. The summed E-state index contributed by atoms with van der Waals surface area (Å²) in [6, 6.07) is 0.469. The lowest BCUT2D eigenvalue weighted by Gasteiger charge is -2.12. The van der Waals surface area contributed by atoms with Crippen LogP contribution < -0.4 is 11.1 Å². The maximum Gasteiger partial charge on any atom is 0.220 e. The Balaban J connectivity index is 0.000000653. The number of carbonyl (C=O) groups is 2. The highest BCUT2D eigenvalue weighted by Gasteiger charge is 2.22. The van der Waals surface area contributed by atoms with E-state index in [1.165, 1.54) is 109 Å². The van der Waals surface area contributed by atoms with Gasteiger partial charge >= 0.3 is 0 Å². The Kier molecular flexibility index (Phi) is 23.3. The smallest absolute Gasteiger partial charge is 0.220 e. The zero-order valence-corrected chi connectivity index (χ0v) is 22.6. The summed E-state index contributed by atoms with van der Waals surface area (Å²) in [7, 11) is 0. The van der Waals surface area contributed by atoms with Crippen molar-refractivity contribution in [1.82, 2.24) is 5.32 Å². The molecule has 0 spiro atoms. The summed E-state index contributed by atoms with van der Waals surface area (Å²) in [5, 5.41) is 3.19. The number of carbonyl (C=O) groups excluding carboxylic acids is 2. The molecule has 3 N–H and O–H groups in total. The zero-order chi connectivity index (χ0) is 24.6. The van der Waals surface area contributed by atoms with E-state index in [1.807, 2.05) is 0 Å². The van der Waals surface area contributed by atoms with Gasteiger partial charge in [0.2, 0.25) is 11.8 Å². The first-order chi connectivity index (χ1) is 16.0. The fourth-order valence-electron chi connectivity index (χ4n) is 4.67. The molecule has 0 heterocycles. The first-order valence-electron chi connectivity index (χ1n) is 14.6. The number of primary amides is 1. The largest absolute Gasteiger partial charge is 0.370 e. The second kappa shape index (κ2) is 24.1. The van der Waals surface area contributed by atoms with Crippen LogP contribution in [-0.2, 0) is 9.59 Å². The van der Waals surface area contributed by atoms with Crippen molar-refractivity contribution in [2.24, 2.45) is 11.7 Å². The van der Waals surface area contributed by atoms with Gasteiger partial charge in [-0.25, -0.2) is 0 Å². The monoisotopic (exact) mass is 466 g/mol. The Hall–Kier alpha value is -1.06. The highest BCUT2D eigenvalue weighted by Crippen LogP contribution is 2.24. The average Bonchev–Trinajstić information content (AvgIpc) is 3.19. The van der Waals surface area contributed by atoms with Crippen LogP contribution in [0.5, 0.6) is 0 Å². The number of nitrogens with one attached hydrogen (secondary N) is 1. The molecular weight excluding hydrogens is 408 g/mol. The third-order valence-corrected chi connectivity index (χ3v) is 6.84. The molecule has 0 radical (unpaired) electrons. The van der Waals surface area contributed by atoms with E-state index in [-0.39, 0.29) is 11.8 Å². The maximum absolute atomic E-state index is 11.8. The van der Waals surface area contributed by atoms with Gasteiger partial charge in [-0.1, -0.05) is 117 Å². The third-order valence-electron chi connectivity index (χ3n) is 6.84. The molecule has 1 fully saturated rings. The van der Waals surface area contributed by atoms with E-state index in [4.69, 9.17) is 5.73 Å². The molecule has 1 aliphatic rings. The van der Waals surface area contributed by atoms with Gasteiger partial charge in [-0.3, -0.25) is 9.59 Å². The number of unbranched alkanes of at least 4 members (excludes halogenated alkanes) is 15. The summed E-state index contributed by atoms with van der Waals surface area (Å²) in [5.74, 6) is 0.923. The van der Waals surface area contributed by atoms with Crippen LogP contribution in [0, 0.1) is 5.92 Å². The predicted molar refractivity (Wildman–Crippen MR) is 143 cm³/mol. The number of hydrogen-bond acceptors (Lipinski definition) is 2. The lowest BCUT2D eigenvalue weighted by Crippen LogP contribution is -2.32. The summed E-state index contributed by atoms with van der Waals surface area (Å²) in [5.41, 5.74) is 5.05. The molecule has 0 aromatic carbocycles. The Labute approximate surface area is 206 Å². The lowest BCUT2D eigenvalue weighted by molar-refractivity contribution is -0.122. The van der Waals surface area contributed by atoms with Crippen LogP contribution in [0.2, 0.25) is 0 Å². The zero-order valence-electron chi connectivity index (χ0n) is 22.6. The number of hydrogen-bond donors (Lipinski definition) is 2. The standard InChI is InChI=1S/C17H33NO.C12H25NO/c1-3-4-5-6-7-8-9-10-11-17(19)18-16-13-12-15(2)14-16;1-2-3-4-5-6-7-8-9-10-11-12(13)14/h15-16H,3-14H2,1-2H3,(H,18,19);2-11H2,1H3,(H2,13,14)/t15-,16+;/m0./s1. The fourth-order valence-corrected chi connectivity index (χ4v) is 4.67. The van der Waals surface area contributed by atoms with Gasteiger partial charge in [0.25, 0.3) is 0 Å². The van der Waals surface area contributed by atoms with Crippen LogP contribution in [0.15, 0.2) is 0 Å². The molecule has 0 aromatic heterocycles. The summed E-state index contributed by atoms with van der Waals surface area (Å²) in [6.07, 6.45) is 26.9. The van der Waals surface area contributed by atoms with Gasteiger partial charge in [-0.15, -0.1) is 0 Å². The van der Waals surface area contributed by atoms with Crippen molar-refractivity contribution in [3.05, 3.63) is 0 Å². The Bertz CT molecular complexity index is 453. The minimum atomic E-state index is -0.159. The van der Waals surface area contributed by atoms with E-state index in [0.29, 0.717) is 12.5 Å². The fraction of sp³-hybridized carbons (Fsp3) is 0.931. The molecule has 4 nitrogen and oxygen atoms in total. The highest BCUT2D eigenvalue weighted by atomic mass is 16.2. The summed E-state index contributed by atoms with van der Waals surface area (Å²) in [4.78, 5) is 22.2. The molecule has 2 amide bonds. The van der Waals surface area contributed by atoms with Gasteiger partial charge < -0.3 is 11.1 Å². The molecule has 1 rings (SSSR count). The van der Waals surface area contributed by atoms with E-state index in [2.05, 4.69) is 26.1 Å². The number of nitrogens with two attached hydrogens (primary N) is 1. The first-order valence-corrected chi connectivity index (χ1v) is 14.6. The van der Waals surface area contributed by atoms with Gasteiger partial charge in [0.15, 0.2) is 0 Å². The van der Waals surface area contributed by atoms with Gasteiger partial charge in [0, 0.05) is 18.9 Å². The third kappa shape index (κ3) is 23.9. The summed E-state index contributed by atoms with van der Waals surface area (Å²) >= 11 is 0. The molecule has 1 saturated carbocycles. The van der Waals surface area contributed by atoms with Crippen LogP contribution >= 0.6 is 0 Å². The van der Waals surface area contributed by atoms with Crippen LogP contribution in [0.3, 0.4) is 0 Å². The molecule has 33 heavy (non-hydrogen) atoms. The van der Waals surface area contributed by atoms with Crippen molar-refractivity contribution in [3.8, 4) is 0 Å². The molecule has 2 atom stereocenters. The Morgan fingerprint density at radius 3 is 1.48 bits per heavy atom. The normalized spacial score (nSPS) is 17.4. The first kappa shape index (κ1) is 31.9. The van der Waals surface area contributed by atoms with Crippen molar-refractivity contribution >= 4 is 11.8 Å². The number of amides is 2. The molecule has 4 heteroatoms. The van der Waals surface area contributed by atoms with Gasteiger partial charge in [0.1, 0.15) is 0 Å². The minimum Gasteiger partial charge on any atom is -0.370 e. The second-order valence-electron chi connectivity index (χ2n) is 10.5. The number of rotatable bonds is 20.